The SMILES string of the molecule is COC[C@@H](COc1ccc(C(C)(C)c2ccc(OC[C@@H](CCl)OC(C)=O)cc2)cc1)OC(C)=O. The molecule has 0 aliphatic rings. The predicted octanol–water partition coefficient (Wildman–Crippen LogP) is 4.52. The lowest BCUT2D eigenvalue weighted by atomic mass is 9.78. The highest BCUT2D eigenvalue weighted by Gasteiger charge is 2.23. The Balaban J connectivity index is 1.99. The van der Waals surface area contributed by atoms with Crippen molar-refractivity contribution >= 4 is 23.5 Å². The number of methoxy groups -OCH3 is 1. The summed E-state index contributed by atoms with van der Waals surface area (Å²) in [5, 5.41) is 0. The zero-order valence-corrected chi connectivity index (χ0v) is 21.1. The first kappa shape index (κ1) is 27.5. The van der Waals surface area contributed by atoms with Gasteiger partial charge in [0.25, 0.3) is 0 Å². The number of carbonyl (C=O) groups is 2. The van der Waals surface area contributed by atoms with Gasteiger partial charge >= 0.3 is 11.9 Å². The van der Waals surface area contributed by atoms with Crippen LogP contribution in [0.2, 0.25) is 0 Å². The summed E-state index contributed by atoms with van der Waals surface area (Å²) >= 11 is 5.82. The van der Waals surface area contributed by atoms with Gasteiger partial charge in [0.15, 0.2) is 6.10 Å². The third kappa shape index (κ3) is 8.54. The van der Waals surface area contributed by atoms with Gasteiger partial charge in [0.2, 0.25) is 0 Å². The van der Waals surface area contributed by atoms with Crippen LogP contribution in [0.3, 0.4) is 0 Å². The van der Waals surface area contributed by atoms with Crippen LogP contribution >= 0.6 is 11.6 Å². The lowest BCUT2D eigenvalue weighted by Gasteiger charge is -2.27. The van der Waals surface area contributed by atoms with Crippen molar-refractivity contribution in [2.75, 3.05) is 32.8 Å². The van der Waals surface area contributed by atoms with Crippen LogP contribution < -0.4 is 9.47 Å². The molecule has 0 heterocycles. The molecular formula is C26H33ClO7. The highest BCUT2D eigenvalue weighted by molar-refractivity contribution is 6.18. The van der Waals surface area contributed by atoms with E-state index in [4.69, 9.17) is 35.3 Å². The minimum absolute atomic E-state index is 0.168. The first-order valence-electron chi connectivity index (χ1n) is 11.0. The van der Waals surface area contributed by atoms with Crippen molar-refractivity contribution in [2.24, 2.45) is 0 Å². The molecule has 0 aliphatic heterocycles. The van der Waals surface area contributed by atoms with E-state index in [1.54, 1.807) is 7.11 Å². The van der Waals surface area contributed by atoms with Gasteiger partial charge in [-0.1, -0.05) is 38.1 Å². The molecule has 0 unspecified atom stereocenters. The quantitative estimate of drug-likeness (QED) is 0.300. The maximum absolute atomic E-state index is 11.2. The zero-order chi connectivity index (χ0) is 25.1. The largest absolute Gasteiger partial charge is 0.490 e. The fourth-order valence-corrected chi connectivity index (χ4v) is 3.51. The number of alkyl halides is 1. The number of esters is 2. The molecule has 0 saturated heterocycles. The van der Waals surface area contributed by atoms with E-state index in [9.17, 15) is 9.59 Å². The summed E-state index contributed by atoms with van der Waals surface area (Å²) in [6.07, 6.45) is -0.956. The lowest BCUT2D eigenvalue weighted by Crippen LogP contribution is -2.28. The summed E-state index contributed by atoms with van der Waals surface area (Å²) in [6, 6.07) is 15.6. The molecule has 0 saturated carbocycles. The lowest BCUT2D eigenvalue weighted by molar-refractivity contribution is -0.150. The molecule has 0 aliphatic carbocycles. The number of benzene rings is 2. The maximum Gasteiger partial charge on any atom is 0.303 e. The summed E-state index contributed by atoms with van der Waals surface area (Å²) < 4.78 is 26.8. The van der Waals surface area contributed by atoms with Crippen molar-refractivity contribution in [3.63, 3.8) is 0 Å². The second-order valence-electron chi connectivity index (χ2n) is 8.37. The molecule has 2 atom stereocenters. The average Bonchev–Trinajstić information content (AvgIpc) is 2.80. The number of rotatable bonds is 13. The Morgan fingerprint density at radius 1 is 0.765 bits per heavy atom. The van der Waals surface area contributed by atoms with Crippen LogP contribution in [0.5, 0.6) is 11.5 Å². The molecule has 7 nitrogen and oxygen atoms in total. The summed E-state index contributed by atoms with van der Waals surface area (Å²) in [5.74, 6) is 0.757. The van der Waals surface area contributed by atoms with E-state index in [1.807, 2.05) is 48.5 Å². The van der Waals surface area contributed by atoms with E-state index < -0.39 is 12.2 Å². The van der Waals surface area contributed by atoms with Gasteiger partial charge < -0.3 is 23.7 Å². The molecule has 0 spiro atoms. The predicted molar refractivity (Wildman–Crippen MR) is 130 cm³/mol. The highest BCUT2D eigenvalue weighted by Crippen LogP contribution is 2.33. The Morgan fingerprint density at radius 2 is 1.18 bits per heavy atom. The molecule has 0 bridgehead atoms. The molecule has 2 rings (SSSR count). The summed E-state index contributed by atoms with van der Waals surface area (Å²) in [6.45, 7) is 7.64. The average molecular weight is 493 g/mol. The maximum atomic E-state index is 11.2. The Hall–Kier alpha value is -2.77. The van der Waals surface area contributed by atoms with Gasteiger partial charge in [-0.2, -0.15) is 0 Å². The van der Waals surface area contributed by atoms with Crippen molar-refractivity contribution in [2.45, 2.75) is 45.3 Å². The van der Waals surface area contributed by atoms with E-state index in [0.29, 0.717) is 11.5 Å². The molecule has 34 heavy (non-hydrogen) atoms. The van der Waals surface area contributed by atoms with Crippen molar-refractivity contribution in [3.8, 4) is 11.5 Å². The molecule has 2 aromatic rings. The van der Waals surface area contributed by atoms with Gasteiger partial charge in [-0.25, -0.2) is 0 Å². The summed E-state index contributed by atoms with van der Waals surface area (Å²) in [5.41, 5.74) is 1.96. The zero-order valence-electron chi connectivity index (χ0n) is 20.3. The van der Waals surface area contributed by atoms with Gasteiger partial charge in [-0.3, -0.25) is 9.59 Å². The summed E-state index contributed by atoms with van der Waals surface area (Å²) in [4.78, 5) is 22.3. The van der Waals surface area contributed by atoms with Crippen LogP contribution in [0, 0.1) is 0 Å². The van der Waals surface area contributed by atoms with E-state index in [-0.39, 0.29) is 43.1 Å². The first-order valence-corrected chi connectivity index (χ1v) is 11.5. The van der Waals surface area contributed by atoms with Crippen LogP contribution in [0.15, 0.2) is 48.5 Å². The van der Waals surface area contributed by atoms with Crippen molar-refractivity contribution in [1.82, 2.24) is 0 Å². The minimum Gasteiger partial charge on any atom is -0.490 e. The normalized spacial score (nSPS) is 13.0. The van der Waals surface area contributed by atoms with Crippen LogP contribution in [-0.4, -0.2) is 57.0 Å². The van der Waals surface area contributed by atoms with Crippen molar-refractivity contribution in [3.05, 3.63) is 59.7 Å². The Labute approximate surface area is 206 Å². The molecule has 8 heteroatoms. The molecule has 2 aromatic carbocycles. The van der Waals surface area contributed by atoms with Crippen LogP contribution in [0.1, 0.15) is 38.8 Å². The minimum atomic E-state index is -0.491. The monoisotopic (exact) mass is 492 g/mol. The Morgan fingerprint density at radius 3 is 1.56 bits per heavy atom. The number of hydrogen-bond acceptors (Lipinski definition) is 7. The number of carbonyl (C=O) groups excluding carboxylic acids is 2. The third-order valence-electron chi connectivity index (χ3n) is 5.21. The topological polar surface area (TPSA) is 80.3 Å². The third-order valence-corrected chi connectivity index (χ3v) is 5.56. The molecular weight excluding hydrogens is 460 g/mol. The first-order chi connectivity index (χ1) is 16.1. The smallest absolute Gasteiger partial charge is 0.303 e. The van der Waals surface area contributed by atoms with Crippen molar-refractivity contribution < 1.29 is 33.3 Å². The standard InChI is InChI=1S/C26H33ClO7/c1-18(28)33-24(14-27)16-31-22-10-6-20(7-11-22)26(3,4)21-8-12-23(13-9-21)32-17-25(15-30-5)34-19(2)29/h6-13,24-25H,14-17H2,1-5H3/t24-,25+/m1/s1. The van der Waals surface area contributed by atoms with Crippen LogP contribution in [-0.2, 0) is 29.2 Å². The molecule has 0 N–H and O–H groups in total. The fraction of sp³-hybridized carbons (Fsp3) is 0.462. The van der Waals surface area contributed by atoms with Crippen LogP contribution in [0.25, 0.3) is 0 Å². The molecule has 186 valence electrons. The second kappa shape index (κ2) is 13.2. The van der Waals surface area contributed by atoms with E-state index >= 15 is 0 Å². The molecule has 0 fully saturated rings. The Kier molecular flexibility index (Phi) is 10.7. The molecule has 0 radical (unpaired) electrons. The number of ether oxygens (including phenoxy) is 5. The van der Waals surface area contributed by atoms with Gasteiger partial charge in [0.05, 0.1) is 12.5 Å². The van der Waals surface area contributed by atoms with Crippen LogP contribution in [0.4, 0.5) is 0 Å². The van der Waals surface area contributed by atoms with E-state index in [2.05, 4.69) is 13.8 Å². The highest BCUT2D eigenvalue weighted by atomic mass is 35.5. The fourth-order valence-electron chi connectivity index (χ4n) is 3.36. The van der Waals surface area contributed by atoms with E-state index in [1.165, 1.54) is 13.8 Å². The molecule has 0 amide bonds. The number of halogens is 1. The van der Waals surface area contributed by atoms with E-state index in [0.717, 1.165) is 11.1 Å². The van der Waals surface area contributed by atoms with Gasteiger partial charge in [0, 0.05) is 26.4 Å². The number of hydrogen-bond donors (Lipinski definition) is 0. The summed E-state index contributed by atoms with van der Waals surface area (Å²) in [7, 11) is 1.55. The molecule has 0 aromatic heterocycles. The van der Waals surface area contributed by atoms with Gasteiger partial charge in [0.1, 0.15) is 30.8 Å². The second-order valence-corrected chi connectivity index (χ2v) is 8.68. The van der Waals surface area contributed by atoms with Crippen molar-refractivity contribution in [1.29, 1.82) is 0 Å². The Bertz CT molecular complexity index is 910. The van der Waals surface area contributed by atoms with Gasteiger partial charge in [-0.05, 0) is 35.4 Å². The van der Waals surface area contributed by atoms with Gasteiger partial charge in [-0.15, -0.1) is 11.6 Å².